The monoisotopic (exact) mass is 336 g/mol. The molecule has 1 atom stereocenters. The van der Waals surface area contributed by atoms with Gasteiger partial charge < -0.3 is 14.2 Å². The first-order valence-corrected chi connectivity index (χ1v) is 8.85. The van der Waals surface area contributed by atoms with Crippen molar-refractivity contribution in [1.29, 1.82) is 0 Å². The Bertz CT molecular complexity index is 770. The zero-order valence-corrected chi connectivity index (χ0v) is 14.0. The third-order valence-corrected chi connectivity index (χ3v) is 5.19. The van der Waals surface area contributed by atoms with Crippen molar-refractivity contribution in [2.24, 2.45) is 7.05 Å². The van der Waals surface area contributed by atoms with Gasteiger partial charge in [-0.05, 0) is 30.7 Å². The molecular weight excluding hydrogens is 316 g/mol. The minimum absolute atomic E-state index is 0.00607. The number of aryl methyl sites for hydroxylation is 1. The van der Waals surface area contributed by atoms with Crippen LogP contribution in [0.4, 0.5) is 11.4 Å². The maximum atomic E-state index is 12.2. The Balaban J connectivity index is 1.70. The molecule has 1 N–H and O–H groups in total. The molecule has 2 heterocycles. The molecule has 0 amide bonds. The van der Waals surface area contributed by atoms with Crippen LogP contribution < -0.4 is 9.62 Å². The van der Waals surface area contributed by atoms with E-state index in [2.05, 4.69) is 14.6 Å². The summed E-state index contributed by atoms with van der Waals surface area (Å²) in [6.45, 7) is 1.80. The van der Waals surface area contributed by atoms with Gasteiger partial charge in [-0.1, -0.05) is 0 Å². The van der Waals surface area contributed by atoms with Gasteiger partial charge in [0.05, 0.1) is 12.4 Å². The first-order chi connectivity index (χ1) is 11.0. The number of benzene rings is 1. The molecule has 1 aromatic carbocycles. The topological polar surface area (TPSA) is 76.5 Å². The summed E-state index contributed by atoms with van der Waals surface area (Å²) in [5, 5.41) is 0.00607. The molecule has 8 heteroatoms. The zero-order valence-electron chi connectivity index (χ0n) is 13.1. The van der Waals surface area contributed by atoms with Crippen LogP contribution in [-0.2, 0) is 21.8 Å². The molecule has 3 rings (SSSR count). The van der Waals surface area contributed by atoms with Crippen LogP contribution in [0.25, 0.3) is 0 Å². The summed E-state index contributed by atoms with van der Waals surface area (Å²) in [4.78, 5) is 6.10. The van der Waals surface area contributed by atoms with Crippen molar-refractivity contribution >= 4 is 21.4 Å². The number of methoxy groups -OCH3 is 1. The van der Waals surface area contributed by atoms with Gasteiger partial charge in [0.15, 0.2) is 5.03 Å². The zero-order chi connectivity index (χ0) is 16.4. The molecule has 124 valence electrons. The van der Waals surface area contributed by atoms with Gasteiger partial charge >= 0.3 is 0 Å². The summed E-state index contributed by atoms with van der Waals surface area (Å²) >= 11 is 0. The lowest BCUT2D eigenvalue weighted by Crippen LogP contribution is -2.22. The quantitative estimate of drug-likeness (QED) is 0.894. The van der Waals surface area contributed by atoms with Crippen molar-refractivity contribution in [2.45, 2.75) is 17.6 Å². The van der Waals surface area contributed by atoms with Gasteiger partial charge in [-0.15, -0.1) is 0 Å². The summed E-state index contributed by atoms with van der Waals surface area (Å²) in [7, 11) is -0.200. The summed E-state index contributed by atoms with van der Waals surface area (Å²) in [5.74, 6) is 0. The van der Waals surface area contributed by atoms with E-state index in [9.17, 15) is 8.42 Å². The van der Waals surface area contributed by atoms with Crippen LogP contribution in [-0.4, -0.2) is 44.3 Å². The lowest BCUT2D eigenvalue weighted by atomic mass is 10.2. The Labute approximate surface area is 135 Å². The number of imidazole rings is 1. The Hall–Kier alpha value is -2.06. The van der Waals surface area contributed by atoms with Crippen molar-refractivity contribution in [2.75, 3.05) is 29.8 Å². The second kappa shape index (κ2) is 6.21. The van der Waals surface area contributed by atoms with Crippen molar-refractivity contribution < 1.29 is 13.2 Å². The van der Waals surface area contributed by atoms with Crippen LogP contribution in [0.1, 0.15) is 6.42 Å². The van der Waals surface area contributed by atoms with Gasteiger partial charge in [0.1, 0.15) is 0 Å². The average Bonchev–Trinajstić information content (AvgIpc) is 3.16. The molecule has 23 heavy (non-hydrogen) atoms. The first kappa shape index (κ1) is 15.8. The Kier molecular flexibility index (Phi) is 4.27. The van der Waals surface area contributed by atoms with E-state index in [4.69, 9.17) is 4.74 Å². The van der Waals surface area contributed by atoms with E-state index < -0.39 is 10.0 Å². The smallest absolute Gasteiger partial charge is 0.280 e. The lowest BCUT2D eigenvalue weighted by Gasteiger charge is -2.18. The fourth-order valence-corrected chi connectivity index (χ4v) is 3.67. The number of nitrogens with zero attached hydrogens (tertiary/aromatic N) is 3. The van der Waals surface area contributed by atoms with Crippen LogP contribution in [0, 0.1) is 0 Å². The molecule has 1 fully saturated rings. The predicted octanol–water partition coefficient (Wildman–Crippen LogP) is 1.45. The molecule has 1 aromatic heterocycles. The molecule has 1 aliphatic rings. The first-order valence-electron chi connectivity index (χ1n) is 7.36. The van der Waals surface area contributed by atoms with Gasteiger partial charge in [-0.3, -0.25) is 4.72 Å². The van der Waals surface area contributed by atoms with E-state index in [-0.39, 0.29) is 11.1 Å². The van der Waals surface area contributed by atoms with E-state index in [0.29, 0.717) is 5.69 Å². The minimum atomic E-state index is -3.65. The maximum absolute atomic E-state index is 12.2. The highest BCUT2D eigenvalue weighted by molar-refractivity contribution is 7.92. The number of rotatable bonds is 5. The molecule has 0 bridgehead atoms. The number of anilines is 2. The maximum Gasteiger partial charge on any atom is 0.280 e. The molecule has 0 unspecified atom stereocenters. The van der Waals surface area contributed by atoms with Crippen LogP contribution in [0.5, 0.6) is 0 Å². The highest BCUT2D eigenvalue weighted by atomic mass is 32.2. The van der Waals surface area contributed by atoms with E-state index in [0.717, 1.165) is 25.2 Å². The Morgan fingerprint density at radius 1 is 1.30 bits per heavy atom. The molecule has 7 nitrogen and oxygen atoms in total. The molecule has 0 spiro atoms. The van der Waals surface area contributed by atoms with Crippen LogP contribution in [0.3, 0.4) is 0 Å². The van der Waals surface area contributed by atoms with Crippen molar-refractivity contribution in [3.63, 3.8) is 0 Å². The number of hydrogen-bond donors (Lipinski definition) is 1. The number of aromatic nitrogens is 2. The molecule has 0 radical (unpaired) electrons. The summed E-state index contributed by atoms with van der Waals surface area (Å²) in [6.07, 6.45) is 4.19. The number of nitrogens with one attached hydrogen (secondary N) is 1. The summed E-state index contributed by atoms with van der Waals surface area (Å²) in [5.41, 5.74) is 1.58. The molecule has 1 aliphatic heterocycles. The van der Waals surface area contributed by atoms with E-state index >= 15 is 0 Å². The van der Waals surface area contributed by atoms with Crippen LogP contribution in [0.15, 0.2) is 41.8 Å². The van der Waals surface area contributed by atoms with Crippen molar-refractivity contribution in [1.82, 2.24) is 9.55 Å². The number of hydrogen-bond acceptors (Lipinski definition) is 5. The van der Waals surface area contributed by atoms with Crippen molar-refractivity contribution in [3.05, 3.63) is 36.8 Å². The Morgan fingerprint density at radius 3 is 2.61 bits per heavy atom. The second-order valence-corrected chi connectivity index (χ2v) is 7.25. The summed E-state index contributed by atoms with van der Waals surface area (Å²) in [6, 6.07) is 7.34. The lowest BCUT2D eigenvalue weighted by molar-refractivity contribution is 0.121. The molecule has 1 saturated heterocycles. The fourth-order valence-electron chi connectivity index (χ4n) is 2.63. The standard InChI is InChI=1S/C15H20N4O3S/c1-18-10-15(16-11-18)23(20,21)17-12-3-5-13(6-4-12)19-8-7-14(9-19)22-2/h3-6,10-11,14,17H,7-9H2,1-2H3/t14-/m1/s1. The van der Waals surface area contributed by atoms with Gasteiger partial charge in [0, 0.05) is 44.8 Å². The van der Waals surface area contributed by atoms with E-state index in [1.807, 2.05) is 12.1 Å². The highest BCUT2D eigenvalue weighted by Gasteiger charge is 2.22. The number of ether oxygens (including phenoxy) is 1. The third kappa shape index (κ3) is 3.48. The predicted molar refractivity (Wildman–Crippen MR) is 88.1 cm³/mol. The van der Waals surface area contributed by atoms with Gasteiger partial charge in [0.2, 0.25) is 0 Å². The average molecular weight is 336 g/mol. The van der Waals surface area contributed by atoms with Gasteiger partial charge in [0.25, 0.3) is 10.0 Å². The van der Waals surface area contributed by atoms with E-state index in [1.165, 1.54) is 12.5 Å². The highest BCUT2D eigenvalue weighted by Crippen LogP contribution is 2.24. The molecular formula is C15H20N4O3S. The second-order valence-electron chi connectivity index (χ2n) is 5.62. The Morgan fingerprint density at radius 2 is 2.04 bits per heavy atom. The van der Waals surface area contributed by atoms with Crippen LogP contribution in [0.2, 0.25) is 0 Å². The van der Waals surface area contributed by atoms with Gasteiger partial charge in [-0.2, -0.15) is 8.42 Å². The van der Waals surface area contributed by atoms with Crippen molar-refractivity contribution in [3.8, 4) is 0 Å². The minimum Gasteiger partial charge on any atom is -0.380 e. The molecule has 2 aromatic rings. The van der Waals surface area contributed by atoms with Crippen LogP contribution >= 0.6 is 0 Å². The largest absolute Gasteiger partial charge is 0.380 e. The van der Waals surface area contributed by atoms with E-state index in [1.54, 1.807) is 30.9 Å². The normalized spacial score (nSPS) is 18.3. The van der Waals surface area contributed by atoms with Gasteiger partial charge in [-0.25, -0.2) is 4.98 Å². The molecule has 0 saturated carbocycles. The third-order valence-electron chi connectivity index (χ3n) is 3.92. The number of sulfonamides is 1. The summed E-state index contributed by atoms with van der Waals surface area (Å²) < 4.78 is 33.9. The fraction of sp³-hybridized carbons (Fsp3) is 0.400. The SMILES string of the molecule is CO[C@@H]1CCN(c2ccc(NS(=O)(=O)c3cn(C)cn3)cc2)C1. The molecule has 0 aliphatic carbocycles.